The molecule has 6 nitrogen and oxygen atoms in total. The Bertz CT molecular complexity index is 623. The van der Waals surface area contributed by atoms with Crippen LogP contribution in [0.5, 0.6) is 11.5 Å². The van der Waals surface area contributed by atoms with Crippen LogP contribution in [0, 0.1) is 5.41 Å². The highest BCUT2D eigenvalue weighted by Gasteiger charge is 2.42. The molecule has 7 heteroatoms. The molecular weight excluding hydrogens is 334 g/mol. The first-order valence-corrected chi connectivity index (χ1v) is 8.44. The fraction of sp³-hybridized carbons (Fsp3) is 0.588. The number of ether oxygens (including phenoxy) is 3. The second-order valence-electron chi connectivity index (χ2n) is 6.44. The average molecular weight is 356 g/mol. The Hall–Kier alpha value is -1.50. The van der Waals surface area contributed by atoms with E-state index in [-0.39, 0.29) is 6.79 Å². The van der Waals surface area contributed by atoms with Crippen molar-refractivity contribution in [3.63, 3.8) is 0 Å². The average Bonchev–Trinajstić information content (AvgIpc) is 3.00. The van der Waals surface area contributed by atoms with E-state index in [1.807, 2.05) is 6.07 Å². The first-order valence-electron chi connectivity index (χ1n) is 8.07. The lowest BCUT2D eigenvalue weighted by atomic mass is 9.77. The second kappa shape index (κ2) is 7.17. The summed E-state index contributed by atoms with van der Waals surface area (Å²) in [4.78, 5) is 14.0. The first-order chi connectivity index (χ1) is 11.5. The molecule has 1 N–H and O–H groups in total. The number of rotatable bonds is 6. The Morgan fingerprint density at radius 3 is 2.88 bits per heavy atom. The number of benzene rings is 1. The van der Waals surface area contributed by atoms with Crippen LogP contribution in [0.15, 0.2) is 12.1 Å². The number of fused-ring (bicyclic) bond motifs is 1. The van der Waals surface area contributed by atoms with Gasteiger partial charge in [-0.05, 0) is 37.4 Å². The van der Waals surface area contributed by atoms with E-state index in [0.717, 1.165) is 18.5 Å². The van der Waals surface area contributed by atoms with Crippen molar-refractivity contribution in [3.8, 4) is 11.5 Å². The number of halogens is 1. The lowest BCUT2D eigenvalue weighted by molar-refractivity contribution is -0.154. The largest absolute Gasteiger partial charge is 0.481 e. The van der Waals surface area contributed by atoms with Gasteiger partial charge in [-0.2, -0.15) is 0 Å². The third-order valence-corrected chi connectivity index (χ3v) is 5.18. The van der Waals surface area contributed by atoms with Crippen LogP contribution in [0.4, 0.5) is 0 Å². The van der Waals surface area contributed by atoms with Gasteiger partial charge in [-0.1, -0.05) is 11.6 Å². The number of hydrogen-bond acceptors (Lipinski definition) is 5. The molecule has 1 atom stereocenters. The highest BCUT2D eigenvalue weighted by molar-refractivity contribution is 6.31. The van der Waals surface area contributed by atoms with Gasteiger partial charge in [0.15, 0.2) is 11.5 Å². The molecule has 0 saturated carbocycles. The fourth-order valence-electron chi connectivity index (χ4n) is 3.47. The maximum Gasteiger partial charge on any atom is 0.311 e. The maximum atomic E-state index is 11.9. The standard InChI is InChI=1S/C17H22ClNO5/c1-22-6-4-17(16(20)21)3-2-5-19(10-17)9-12-7-14-15(8-13(12)18)24-11-23-14/h7-8H,2-6,9-11H2,1H3,(H,20,21)/t17-/m0/s1. The Morgan fingerprint density at radius 1 is 1.42 bits per heavy atom. The molecule has 132 valence electrons. The predicted molar refractivity (Wildman–Crippen MR) is 88.6 cm³/mol. The van der Waals surface area contributed by atoms with Gasteiger partial charge in [0.1, 0.15) is 0 Å². The summed E-state index contributed by atoms with van der Waals surface area (Å²) in [5, 5.41) is 10.3. The number of carboxylic acids is 1. The van der Waals surface area contributed by atoms with Crippen LogP contribution < -0.4 is 9.47 Å². The third-order valence-electron chi connectivity index (χ3n) is 4.83. The van der Waals surface area contributed by atoms with E-state index < -0.39 is 11.4 Å². The molecule has 0 unspecified atom stereocenters. The molecule has 0 aromatic heterocycles. The van der Waals surface area contributed by atoms with Crippen LogP contribution in [0.3, 0.4) is 0 Å². The van der Waals surface area contributed by atoms with Gasteiger partial charge in [-0.3, -0.25) is 9.69 Å². The van der Waals surface area contributed by atoms with Crippen molar-refractivity contribution in [2.24, 2.45) is 5.41 Å². The normalized spacial score (nSPS) is 23.4. The number of hydrogen-bond donors (Lipinski definition) is 1. The molecule has 1 aromatic rings. The maximum absolute atomic E-state index is 11.9. The van der Waals surface area contributed by atoms with E-state index in [2.05, 4.69) is 4.90 Å². The minimum atomic E-state index is -0.753. The van der Waals surface area contributed by atoms with Crippen LogP contribution in [-0.2, 0) is 16.1 Å². The lowest BCUT2D eigenvalue weighted by Crippen LogP contribution is -2.48. The van der Waals surface area contributed by atoms with Crippen LogP contribution >= 0.6 is 11.6 Å². The highest BCUT2D eigenvalue weighted by atomic mass is 35.5. The van der Waals surface area contributed by atoms with Crippen molar-refractivity contribution in [2.45, 2.75) is 25.8 Å². The first kappa shape index (κ1) is 17.3. The molecule has 0 aliphatic carbocycles. The topological polar surface area (TPSA) is 68.2 Å². The van der Waals surface area contributed by atoms with Gasteiger partial charge < -0.3 is 19.3 Å². The van der Waals surface area contributed by atoms with Crippen molar-refractivity contribution >= 4 is 17.6 Å². The van der Waals surface area contributed by atoms with Gasteiger partial charge in [-0.15, -0.1) is 0 Å². The zero-order valence-electron chi connectivity index (χ0n) is 13.7. The molecule has 1 aromatic carbocycles. The Labute approximate surface area is 146 Å². The molecule has 1 fully saturated rings. The summed E-state index contributed by atoms with van der Waals surface area (Å²) in [5.74, 6) is 0.596. The van der Waals surface area contributed by atoms with Crippen LogP contribution in [0.25, 0.3) is 0 Å². The van der Waals surface area contributed by atoms with Crippen molar-refractivity contribution < 1.29 is 24.1 Å². The third kappa shape index (κ3) is 3.45. The van der Waals surface area contributed by atoms with Gasteiger partial charge in [0, 0.05) is 37.9 Å². The summed E-state index contributed by atoms with van der Waals surface area (Å²) in [7, 11) is 1.60. The second-order valence-corrected chi connectivity index (χ2v) is 6.85. The highest BCUT2D eigenvalue weighted by Crippen LogP contribution is 2.39. The molecule has 0 radical (unpaired) electrons. The monoisotopic (exact) mass is 355 g/mol. The number of methoxy groups -OCH3 is 1. The van der Waals surface area contributed by atoms with E-state index in [4.69, 9.17) is 25.8 Å². The zero-order valence-corrected chi connectivity index (χ0v) is 14.5. The van der Waals surface area contributed by atoms with Gasteiger partial charge in [0.05, 0.1) is 5.41 Å². The van der Waals surface area contributed by atoms with E-state index in [0.29, 0.717) is 49.1 Å². The predicted octanol–water partition coefficient (Wildman–Crippen LogP) is 2.77. The number of likely N-dealkylation sites (tertiary alicyclic amines) is 1. The summed E-state index contributed by atoms with van der Waals surface area (Å²) < 4.78 is 15.8. The number of carboxylic acid groups (broad SMARTS) is 1. The molecule has 3 rings (SSSR count). The molecule has 2 aliphatic rings. The number of piperidine rings is 1. The molecule has 0 amide bonds. The Morgan fingerprint density at radius 2 is 2.17 bits per heavy atom. The summed E-state index contributed by atoms with van der Waals surface area (Å²) in [6.07, 6.45) is 2.04. The summed E-state index contributed by atoms with van der Waals surface area (Å²) in [6, 6.07) is 3.65. The Kier molecular flexibility index (Phi) is 5.18. The zero-order chi connectivity index (χ0) is 17.2. The van der Waals surface area contributed by atoms with Crippen molar-refractivity contribution in [1.82, 2.24) is 4.90 Å². The fourth-order valence-corrected chi connectivity index (χ4v) is 3.68. The minimum Gasteiger partial charge on any atom is -0.481 e. The van der Waals surface area contributed by atoms with E-state index in [9.17, 15) is 9.90 Å². The SMILES string of the molecule is COCC[C@@]1(C(=O)O)CCCN(Cc2cc3c(cc2Cl)OCO3)C1. The van der Waals surface area contributed by atoms with Crippen molar-refractivity contribution in [1.29, 1.82) is 0 Å². The van der Waals surface area contributed by atoms with Gasteiger partial charge in [0.25, 0.3) is 0 Å². The lowest BCUT2D eigenvalue weighted by Gasteiger charge is -2.40. The quantitative estimate of drug-likeness (QED) is 0.846. The summed E-state index contributed by atoms with van der Waals surface area (Å²) in [6.45, 7) is 2.60. The molecule has 0 bridgehead atoms. The van der Waals surface area contributed by atoms with E-state index >= 15 is 0 Å². The number of nitrogens with zero attached hydrogens (tertiary/aromatic N) is 1. The van der Waals surface area contributed by atoms with E-state index in [1.165, 1.54) is 0 Å². The van der Waals surface area contributed by atoms with Gasteiger partial charge >= 0.3 is 5.97 Å². The van der Waals surface area contributed by atoms with Crippen LogP contribution in [0.1, 0.15) is 24.8 Å². The molecular formula is C17H22ClNO5. The molecule has 2 heterocycles. The molecule has 0 spiro atoms. The van der Waals surface area contributed by atoms with Gasteiger partial charge in [0.2, 0.25) is 6.79 Å². The van der Waals surface area contributed by atoms with Gasteiger partial charge in [-0.25, -0.2) is 0 Å². The van der Waals surface area contributed by atoms with Crippen molar-refractivity contribution in [2.75, 3.05) is 33.6 Å². The van der Waals surface area contributed by atoms with Crippen molar-refractivity contribution in [3.05, 3.63) is 22.7 Å². The number of carbonyl (C=O) groups is 1. The molecule has 2 aliphatic heterocycles. The van der Waals surface area contributed by atoms with Crippen LogP contribution in [0.2, 0.25) is 5.02 Å². The molecule has 24 heavy (non-hydrogen) atoms. The van der Waals surface area contributed by atoms with E-state index in [1.54, 1.807) is 13.2 Å². The van der Waals surface area contributed by atoms with Crippen LogP contribution in [-0.4, -0.2) is 49.6 Å². The minimum absolute atomic E-state index is 0.206. The summed E-state index contributed by atoms with van der Waals surface area (Å²) in [5.41, 5.74) is 0.172. The molecule has 1 saturated heterocycles. The summed E-state index contributed by atoms with van der Waals surface area (Å²) >= 11 is 6.35. The number of aliphatic carboxylic acids is 1. The smallest absolute Gasteiger partial charge is 0.311 e. The Balaban J connectivity index is 1.74.